The van der Waals surface area contributed by atoms with E-state index in [1.807, 2.05) is 57.2 Å². The standard InChI is InChI=1S/C34H33Cl2N3O5/c1-34(2,3)44-29(40)16-21-11-9-20(10-12-21)15-26-31-27(38-32(37-26)30-24(35)7-6-8-25(30)36)19-39(33(31)41)18-22-13-14-23(42-4)17-28(22)43-5/h6-14,17H,15-16,18-19H2,1-5H3. The van der Waals surface area contributed by atoms with Gasteiger partial charge in [-0.3, -0.25) is 9.59 Å². The molecule has 4 aromatic rings. The maximum absolute atomic E-state index is 13.9. The van der Waals surface area contributed by atoms with Crippen LogP contribution in [0.3, 0.4) is 0 Å². The number of methoxy groups -OCH3 is 2. The molecule has 0 bridgehead atoms. The molecule has 1 aromatic heterocycles. The molecule has 5 rings (SSSR count). The van der Waals surface area contributed by atoms with Crippen molar-refractivity contribution in [3.8, 4) is 22.9 Å². The largest absolute Gasteiger partial charge is 0.497 e. The first kappa shape index (κ1) is 31.3. The topological polar surface area (TPSA) is 90.9 Å². The zero-order valence-electron chi connectivity index (χ0n) is 25.2. The fourth-order valence-corrected chi connectivity index (χ4v) is 5.68. The zero-order valence-corrected chi connectivity index (χ0v) is 26.8. The number of fused-ring (bicyclic) bond motifs is 1. The summed E-state index contributed by atoms with van der Waals surface area (Å²) in [6.45, 7) is 6.11. The fourth-order valence-electron chi connectivity index (χ4n) is 5.11. The van der Waals surface area contributed by atoms with Crippen molar-refractivity contribution < 1.29 is 23.8 Å². The van der Waals surface area contributed by atoms with Gasteiger partial charge in [0, 0.05) is 18.1 Å². The van der Waals surface area contributed by atoms with Crippen LogP contribution < -0.4 is 9.47 Å². The number of aromatic nitrogens is 2. The summed E-state index contributed by atoms with van der Waals surface area (Å²) in [4.78, 5) is 37.6. The van der Waals surface area contributed by atoms with E-state index in [1.54, 1.807) is 43.4 Å². The van der Waals surface area contributed by atoms with Crippen LogP contribution >= 0.6 is 23.2 Å². The van der Waals surface area contributed by atoms with Crippen molar-refractivity contribution in [1.29, 1.82) is 0 Å². The number of nitrogens with zero attached hydrogens (tertiary/aromatic N) is 3. The second-order valence-electron chi connectivity index (χ2n) is 11.5. The van der Waals surface area contributed by atoms with E-state index in [9.17, 15) is 9.59 Å². The predicted molar refractivity (Wildman–Crippen MR) is 169 cm³/mol. The Labute approximate surface area is 266 Å². The fraction of sp³-hybridized carbons (Fsp3) is 0.294. The molecule has 0 spiro atoms. The Morgan fingerprint density at radius 3 is 2.23 bits per heavy atom. The second-order valence-corrected chi connectivity index (χ2v) is 12.3. The molecule has 1 amide bonds. The minimum Gasteiger partial charge on any atom is -0.497 e. The summed E-state index contributed by atoms with van der Waals surface area (Å²) in [5.41, 5.74) is 4.16. The van der Waals surface area contributed by atoms with Crippen LogP contribution in [0.2, 0.25) is 10.0 Å². The number of benzene rings is 3. The molecule has 1 aliphatic heterocycles. The van der Waals surface area contributed by atoms with Crippen molar-refractivity contribution in [3.05, 3.63) is 104 Å². The molecule has 3 aromatic carbocycles. The van der Waals surface area contributed by atoms with Crippen LogP contribution in [-0.2, 0) is 35.5 Å². The molecule has 228 valence electrons. The molecule has 8 nitrogen and oxygen atoms in total. The minimum absolute atomic E-state index is 0.165. The first-order valence-corrected chi connectivity index (χ1v) is 14.9. The summed E-state index contributed by atoms with van der Waals surface area (Å²) < 4.78 is 16.3. The summed E-state index contributed by atoms with van der Waals surface area (Å²) in [5, 5.41) is 0.832. The highest BCUT2D eigenvalue weighted by Gasteiger charge is 2.34. The summed E-state index contributed by atoms with van der Waals surface area (Å²) in [5.74, 6) is 1.17. The lowest BCUT2D eigenvalue weighted by Gasteiger charge is -2.19. The molecule has 0 saturated heterocycles. The average Bonchev–Trinajstić information content (AvgIpc) is 3.28. The summed E-state index contributed by atoms with van der Waals surface area (Å²) >= 11 is 13.1. The maximum atomic E-state index is 13.9. The van der Waals surface area contributed by atoms with Gasteiger partial charge in [-0.2, -0.15) is 0 Å². The van der Waals surface area contributed by atoms with Gasteiger partial charge in [-0.15, -0.1) is 0 Å². The number of hydrogen-bond donors (Lipinski definition) is 0. The highest BCUT2D eigenvalue weighted by atomic mass is 35.5. The highest BCUT2D eigenvalue weighted by molar-refractivity contribution is 6.39. The van der Waals surface area contributed by atoms with Crippen LogP contribution in [-0.4, -0.2) is 46.6 Å². The molecule has 1 aliphatic rings. The van der Waals surface area contributed by atoms with Crippen LogP contribution in [0.5, 0.6) is 11.5 Å². The quantitative estimate of drug-likeness (QED) is 0.182. The van der Waals surface area contributed by atoms with E-state index in [1.165, 1.54) is 0 Å². The Kier molecular flexibility index (Phi) is 9.13. The van der Waals surface area contributed by atoms with Gasteiger partial charge < -0.3 is 19.1 Å². The Morgan fingerprint density at radius 1 is 0.909 bits per heavy atom. The van der Waals surface area contributed by atoms with Gasteiger partial charge in [0.15, 0.2) is 5.82 Å². The first-order valence-electron chi connectivity index (χ1n) is 14.1. The van der Waals surface area contributed by atoms with Gasteiger partial charge in [-0.1, -0.05) is 53.5 Å². The molecule has 0 unspecified atom stereocenters. The number of carbonyl (C=O) groups excluding carboxylic acids is 2. The molecule has 2 heterocycles. The smallest absolute Gasteiger partial charge is 0.310 e. The first-order chi connectivity index (χ1) is 21.0. The Balaban J connectivity index is 1.48. The van der Waals surface area contributed by atoms with Gasteiger partial charge in [-0.05, 0) is 56.2 Å². The average molecular weight is 635 g/mol. The molecule has 10 heteroatoms. The van der Waals surface area contributed by atoms with Crippen LogP contribution in [0.25, 0.3) is 11.4 Å². The summed E-state index contributed by atoms with van der Waals surface area (Å²) in [7, 11) is 3.17. The molecule has 0 saturated carbocycles. The van der Waals surface area contributed by atoms with Crippen molar-refractivity contribution in [1.82, 2.24) is 14.9 Å². The summed E-state index contributed by atoms with van der Waals surface area (Å²) in [6.07, 6.45) is 0.524. The lowest BCUT2D eigenvalue weighted by atomic mass is 10.0. The number of hydrogen-bond acceptors (Lipinski definition) is 7. The van der Waals surface area contributed by atoms with E-state index >= 15 is 0 Å². The van der Waals surface area contributed by atoms with E-state index in [2.05, 4.69) is 0 Å². The Hall–Kier alpha value is -4.14. The third kappa shape index (κ3) is 6.98. The van der Waals surface area contributed by atoms with Crippen LogP contribution in [0.4, 0.5) is 0 Å². The van der Waals surface area contributed by atoms with E-state index in [-0.39, 0.29) is 24.8 Å². The molecule has 0 atom stereocenters. The number of carbonyl (C=O) groups is 2. The van der Waals surface area contributed by atoms with Crippen molar-refractivity contribution in [2.75, 3.05) is 14.2 Å². The highest BCUT2D eigenvalue weighted by Crippen LogP contribution is 2.36. The van der Waals surface area contributed by atoms with Crippen molar-refractivity contribution in [2.24, 2.45) is 0 Å². The number of esters is 1. The maximum Gasteiger partial charge on any atom is 0.310 e. The molecule has 44 heavy (non-hydrogen) atoms. The van der Waals surface area contributed by atoms with Crippen molar-refractivity contribution in [2.45, 2.75) is 52.3 Å². The predicted octanol–water partition coefficient (Wildman–Crippen LogP) is 7.10. The SMILES string of the molecule is COc1ccc(CN2Cc3nc(-c4c(Cl)cccc4Cl)nc(Cc4ccc(CC(=O)OC(C)(C)C)cc4)c3C2=O)c(OC)c1. The van der Waals surface area contributed by atoms with E-state index < -0.39 is 5.60 Å². The number of amides is 1. The molecule has 0 aliphatic carbocycles. The van der Waals surface area contributed by atoms with Crippen LogP contribution in [0.15, 0.2) is 60.7 Å². The van der Waals surface area contributed by atoms with Gasteiger partial charge >= 0.3 is 5.97 Å². The molecular weight excluding hydrogens is 601 g/mol. The van der Waals surface area contributed by atoms with Gasteiger partial charge in [0.25, 0.3) is 5.91 Å². The molecule has 0 fully saturated rings. The summed E-state index contributed by atoms with van der Waals surface area (Å²) in [6, 6.07) is 18.4. The lowest BCUT2D eigenvalue weighted by Crippen LogP contribution is -2.24. The van der Waals surface area contributed by atoms with Crippen molar-refractivity contribution in [3.63, 3.8) is 0 Å². The molecule has 0 radical (unpaired) electrons. The Bertz CT molecular complexity index is 1700. The van der Waals surface area contributed by atoms with E-state index in [0.717, 1.165) is 16.7 Å². The Morgan fingerprint density at radius 2 is 1.59 bits per heavy atom. The third-order valence-corrected chi connectivity index (χ3v) is 7.74. The second kappa shape index (κ2) is 12.8. The van der Waals surface area contributed by atoms with Gasteiger partial charge in [0.1, 0.15) is 17.1 Å². The third-order valence-electron chi connectivity index (χ3n) is 7.11. The molecular formula is C34H33Cl2N3O5. The van der Waals surface area contributed by atoms with Gasteiger partial charge in [0.2, 0.25) is 0 Å². The van der Waals surface area contributed by atoms with E-state index in [4.69, 9.17) is 47.4 Å². The normalized spacial score (nSPS) is 12.7. The zero-order chi connectivity index (χ0) is 31.6. The van der Waals surface area contributed by atoms with Gasteiger partial charge in [-0.25, -0.2) is 9.97 Å². The number of halogens is 2. The van der Waals surface area contributed by atoms with Gasteiger partial charge in [0.05, 0.1) is 66.3 Å². The van der Waals surface area contributed by atoms with E-state index in [0.29, 0.717) is 62.8 Å². The van der Waals surface area contributed by atoms with Crippen molar-refractivity contribution >= 4 is 35.1 Å². The monoisotopic (exact) mass is 633 g/mol. The van der Waals surface area contributed by atoms with Crippen LogP contribution in [0, 0.1) is 0 Å². The van der Waals surface area contributed by atoms with Crippen LogP contribution in [0.1, 0.15) is 59.2 Å². The minimum atomic E-state index is -0.550. The number of rotatable bonds is 9. The lowest BCUT2D eigenvalue weighted by molar-refractivity contribution is -0.153. The molecule has 0 N–H and O–H groups in total. The number of ether oxygens (including phenoxy) is 3.